The molecule has 2 unspecified atom stereocenters. The average molecular weight is 672 g/mol. The molecule has 0 bridgehead atoms. The molecule has 2 amide bonds. The van der Waals surface area contributed by atoms with Crippen LogP contribution in [0.5, 0.6) is 11.5 Å². The van der Waals surface area contributed by atoms with Crippen molar-refractivity contribution in [2.45, 2.75) is 71.9 Å². The normalized spacial score (nSPS) is 23.6. The molecule has 0 saturated heterocycles. The number of benzene rings is 2. The molecule has 240 valence electrons. The minimum absolute atomic E-state index is 0. The Morgan fingerprint density at radius 1 is 0.733 bits per heavy atom. The molecule has 0 spiro atoms. The number of aliphatic hydroxyl groups is 2. The maximum absolute atomic E-state index is 12.4. The van der Waals surface area contributed by atoms with E-state index in [2.05, 4.69) is 10.6 Å². The topological polar surface area (TPSA) is 147 Å². The Morgan fingerprint density at radius 2 is 1.04 bits per heavy atom. The first-order valence-corrected chi connectivity index (χ1v) is 14.7. The van der Waals surface area contributed by atoms with Crippen LogP contribution in [0.3, 0.4) is 0 Å². The molecule has 2 atom stereocenters. The van der Waals surface area contributed by atoms with Crippen LogP contribution in [0.2, 0.25) is 10.0 Å². The zero-order valence-corrected chi connectivity index (χ0v) is 29.5. The van der Waals surface area contributed by atoms with Crippen molar-refractivity contribution in [1.29, 1.82) is 0 Å². The van der Waals surface area contributed by atoms with Crippen molar-refractivity contribution in [2.75, 3.05) is 14.2 Å². The third-order valence-corrected chi connectivity index (χ3v) is 9.38. The molecule has 9 nitrogen and oxygen atoms in total. The second-order valence-electron chi connectivity index (χ2n) is 12.0. The van der Waals surface area contributed by atoms with E-state index in [0.29, 0.717) is 32.7 Å². The number of aryl methyl sites for hydroxylation is 2. The number of nitrogens with one attached hydrogen (secondary N) is 2. The van der Waals surface area contributed by atoms with Crippen LogP contribution in [0.4, 0.5) is 0 Å². The van der Waals surface area contributed by atoms with Crippen LogP contribution in [0.25, 0.3) is 11.1 Å². The number of methoxy groups -OCH3 is 2. The van der Waals surface area contributed by atoms with Gasteiger partial charge in [-0.2, -0.15) is 0 Å². The van der Waals surface area contributed by atoms with Crippen molar-refractivity contribution >= 4 is 46.2 Å². The molecule has 2 heterocycles. The Kier molecular flexibility index (Phi) is 12.2. The van der Waals surface area contributed by atoms with Crippen molar-refractivity contribution in [3.8, 4) is 11.5 Å². The van der Waals surface area contributed by atoms with Gasteiger partial charge in [0.1, 0.15) is 23.0 Å². The standard InChI is InChI=1S/2C16H18ClNO3.CH4.Na.H2O/c2*1-8-6-10(17)12(11(7-8)21-3)13-14(19)16(2,9-4-5-9)18-15(13)20;;;/h2*6-7,9,19H,4-5H2,1-3H3,(H,18,20);1H4;;1H2/q;;;+1;/p-1. The molecule has 4 aliphatic rings. The predicted octanol–water partition coefficient (Wildman–Crippen LogP) is 3.91. The molecule has 6 rings (SSSR count). The minimum atomic E-state index is -0.689. The van der Waals surface area contributed by atoms with Gasteiger partial charge in [-0.1, -0.05) is 30.6 Å². The van der Waals surface area contributed by atoms with E-state index < -0.39 is 11.1 Å². The monoisotopic (exact) mass is 670 g/mol. The summed E-state index contributed by atoms with van der Waals surface area (Å²) in [5.41, 5.74) is 1.87. The van der Waals surface area contributed by atoms with Gasteiger partial charge < -0.3 is 35.8 Å². The van der Waals surface area contributed by atoms with E-state index in [1.54, 1.807) is 12.1 Å². The van der Waals surface area contributed by atoms with E-state index in [4.69, 9.17) is 32.7 Å². The zero-order valence-electron chi connectivity index (χ0n) is 26.0. The number of aliphatic hydroxyl groups excluding tert-OH is 2. The summed E-state index contributed by atoms with van der Waals surface area (Å²) in [6.07, 6.45) is 4.03. The molecule has 2 aliphatic carbocycles. The van der Waals surface area contributed by atoms with E-state index in [9.17, 15) is 19.8 Å². The third kappa shape index (κ3) is 6.85. The summed E-state index contributed by atoms with van der Waals surface area (Å²) in [6, 6.07) is 7.14. The van der Waals surface area contributed by atoms with E-state index >= 15 is 0 Å². The van der Waals surface area contributed by atoms with Crippen LogP contribution in [0.1, 0.15) is 69.2 Å². The fourth-order valence-corrected chi connectivity index (χ4v) is 6.77. The summed E-state index contributed by atoms with van der Waals surface area (Å²) in [5.74, 6) is 1.10. The first-order chi connectivity index (χ1) is 19.8. The Balaban J connectivity index is 0.000000294. The van der Waals surface area contributed by atoms with Gasteiger partial charge in [-0.05, 0) is 101 Å². The fraction of sp³-hybridized carbons (Fsp3) is 0.455. The maximum atomic E-state index is 12.4. The number of ether oxygens (including phenoxy) is 2. The summed E-state index contributed by atoms with van der Waals surface area (Å²) in [7, 11) is 3.05. The summed E-state index contributed by atoms with van der Waals surface area (Å²) >= 11 is 12.6. The summed E-state index contributed by atoms with van der Waals surface area (Å²) < 4.78 is 10.7. The van der Waals surface area contributed by atoms with Crippen molar-refractivity contribution in [2.24, 2.45) is 11.8 Å². The van der Waals surface area contributed by atoms with E-state index in [-0.39, 0.29) is 88.8 Å². The molecule has 0 radical (unpaired) electrons. The van der Waals surface area contributed by atoms with Gasteiger partial charge in [-0.3, -0.25) is 9.59 Å². The zero-order chi connectivity index (χ0) is 30.7. The molecule has 45 heavy (non-hydrogen) atoms. The van der Waals surface area contributed by atoms with Gasteiger partial charge in [0, 0.05) is 0 Å². The fourth-order valence-electron chi connectivity index (χ4n) is 6.05. The molecule has 2 aromatic carbocycles. The molecule has 2 aromatic rings. The van der Waals surface area contributed by atoms with E-state index in [1.807, 2.05) is 39.8 Å². The average Bonchev–Trinajstić information content (AvgIpc) is 3.83. The molecule has 2 aliphatic heterocycles. The largest absolute Gasteiger partial charge is 1.00 e. The Labute approximate surface area is 297 Å². The number of hydrogen-bond donors (Lipinski definition) is 4. The number of carbonyl (C=O) groups excluding carboxylic acids is 2. The van der Waals surface area contributed by atoms with Gasteiger partial charge in [0.2, 0.25) is 0 Å². The van der Waals surface area contributed by atoms with Gasteiger partial charge in [-0.15, -0.1) is 0 Å². The smallest absolute Gasteiger partial charge is 0.870 e. The number of halogens is 2. The van der Waals surface area contributed by atoms with Crippen LogP contribution in [0, 0.1) is 25.7 Å². The molecule has 2 saturated carbocycles. The maximum Gasteiger partial charge on any atom is 1.00 e. The van der Waals surface area contributed by atoms with Crippen molar-refractivity contribution in [1.82, 2.24) is 10.6 Å². The first kappa shape index (κ1) is 38.8. The predicted molar refractivity (Wildman–Crippen MR) is 172 cm³/mol. The second-order valence-corrected chi connectivity index (χ2v) is 12.8. The summed E-state index contributed by atoms with van der Waals surface area (Å²) in [6.45, 7) is 7.52. The number of amides is 2. The van der Waals surface area contributed by atoms with Crippen molar-refractivity contribution in [3.05, 3.63) is 68.1 Å². The first-order valence-electron chi connectivity index (χ1n) is 14.0. The van der Waals surface area contributed by atoms with Crippen molar-refractivity contribution < 1.29 is 64.3 Å². The number of rotatable bonds is 6. The number of carbonyl (C=O) groups is 2. The second kappa shape index (κ2) is 14.2. The van der Waals surface area contributed by atoms with Gasteiger partial charge in [0.05, 0.1) is 57.6 Å². The van der Waals surface area contributed by atoms with Gasteiger partial charge >= 0.3 is 29.6 Å². The van der Waals surface area contributed by atoms with Crippen LogP contribution in [0.15, 0.2) is 35.8 Å². The van der Waals surface area contributed by atoms with Crippen LogP contribution >= 0.6 is 23.2 Å². The third-order valence-electron chi connectivity index (χ3n) is 8.78. The summed E-state index contributed by atoms with van der Waals surface area (Å²) in [5, 5.41) is 27.9. The minimum Gasteiger partial charge on any atom is -0.870 e. The Morgan fingerprint density at radius 3 is 1.31 bits per heavy atom. The van der Waals surface area contributed by atoms with Crippen LogP contribution in [-0.2, 0) is 9.59 Å². The molecule has 0 aromatic heterocycles. The summed E-state index contributed by atoms with van der Waals surface area (Å²) in [4.78, 5) is 24.8. The number of hydrogen-bond acceptors (Lipinski definition) is 7. The Hall–Kier alpha value is -2.40. The van der Waals surface area contributed by atoms with E-state index in [1.165, 1.54) is 14.2 Å². The molecular weight excluding hydrogens is 630 g/mol. The van der Waals surface area contributed by atoms with Gasteiger partial charge in [0.15, 0.2) is 0 Å². The van der Waals surface area contributed by atoms with Crippen LogP contribution < -0.4 is 49.7 Å². The quantitative estimate of drug-likeness (QED) is 0.341. The SMILES string of the molecule is C.COc1cc(C)cc(Cl)c1C1=C(O)C(C)(C2CC2)NC1=O.COc1cc(C)cc(Cl)c1C1=C(O)C(C)(C2CC2)NC1=O.[Na+].[OH-]. The van der Waals surface area contributed by atoms with Gasteiger partial charge in [-0.25, -0.2) is 0 Å². The molecule has 12 heteroatoms. The van der Waals surface area contributed by atoms with Gasteiger partial charge in [0.25, 0.3) is 11.8 Å². The molecule has 5 N–H and O–H groups in total. The Bertz CT molecular complexity index is 1450. The van der Waals surface area contributed by atoms with E-state index in [0.717, 1.165) is 36.8 Å². The van der Waals surface area contributed by atoms with Crippen LogP contribution in [-0.4, -0.2) is 52.8 Å². The van der Waals surface area contributed by atoms with Crippen molar-refractivity contribution in [3.63, 3.8) is 0 Å². The molecular formula is C33H41Cl2N2NaO7. The molecule has 2 fully saturated rings.